The summed E-state index contributed by atoms with van der Waals surface area (Å²) < 4.78 is 5.28. The highest BCUT2D eigenvalue weighted by Crippen LogP contribution is 2.29. The van der Waals surface area contributed by atoms with E-state index in [0.29, 0.717) is 12.6 Å². The van der Waals surface area contributed by atoms with E-state index in [1.165, 1.54) is 32.1 Å². The molecular formula is C15H23NO2. The SMILES string of the molecule is COc1cccc(N(CCO)C2CCCCC2)c1. The van der Waals surface area contributed by atoms with Gasteiger partial charge in [0.25, 0.3) is 0 Å². The predicted molar refractivity (Wildman–Crippen MR) is 74.3 cm³/mol. The molecule has 1 aliphatic rings. The number of aliphatic hydroxyl groups is 1. The van der Waals surface area contributed by atoms with Crippen molar-refractivity contribution < 1.29 is 9.84 Å². The number of hydrogen-bond donors (Lipinski definition) is 1. The van der Waals surface area contributed by atoms with Crippen LogP contribution in [0.1, 0.15) is 32.1 Å². The van der Waals surface area contributed by atoms with Crippen LogP contribution in [0.3, 0.4) is 0 Å². The second-order valence-corrected chi connectivity index (χ2v) is 4.91. The molecule has 0 unspecified atom stereocenters. The van der Waals surface area contributed by atoms with Gasteiger partial charge in [-0.25, -0.2) is 0 Å². The Morgan fingerprint density at radius 2 is 2.06 bits per heavy atom. The van der Waals surface area contributed by atoms with Crippen LogP contribution in [0.2, 0.25) is 0 Å². The molecule has 1 aliphatic carbocycles. The molecule has 0 spiro atoms. The van der Waals surface area contributed by atoms with Gasteiger partial charge in [-0.05, 0) is 25.0 Å². The zero-order valence-electron chi connectivity index (χ0n) is 11.1. The summed E-state index contributed by atoms with van der Waals surface area (Å²) in [6, 6.07) is 8.71. The third-order valence-corrected chi connectivity index (χ3v) is 3.74. The molecule has 0 aromatic heterocycles. The molecule has 3 nitrogen and oxygen atoms in total. The van der Waals surface area contributed by atoms with Crippen LogP contribution in [0.4, 0.5) is 5.69 Å². The zero-order chi connectivity index (χ0) is 12.8. The van der Waals surface area contributed by atoms with Crippen molar-refractivity contribution >= 4 is 5.69 Å². The summed E-state index contributed by atoms with van der Waals surface area (Å²) in [6.07, 6.45) is 6.42. The Labute approximate surface area is 109 Å². The largest absolute Gasteiger partial charge is 0.497 e. The van der Waals surface area contributed by atoms with E-state index < -0.39 is 0 Å². The summed E-state index contributed by atoms with van der Waals surface area (Å²) in [6.45, 7) is 0.908. The van der Waals surface area contributed by atoms with E-state index in [4.69, 9.17) is 4.74 Å². The minimum absolute atomic E-state index is 0.202. The van der Waals surface area contributed by atoms with E-state index in [1.54, 1.807) is 7.11 Å². The van der Waals surface area contributed by atoms with Crippen LogP contribution in [0.25, 0.3) is 0 Å². The zero-order valence-corrected chi connectivity index (χ0v) is 11.1. The third kappa shape index (κ3) is 3.16. The van der Waals surface area contributed by atoms with Gasteiger partial charge in [-0.1, -0.05) is 25.3 Å². The van der Waals surface area contributed by atoms with Crippen molar-refractivity contribution in [2.45, 2.75) is 38.1 Å². The van der Waals surface area contributed by atoms with Crippen molar-refractivity contribution in [3.8, 4) is 5.75 Å². The fourth-order valence-electron chi connectivity index (χ4n) is 2.81. The van der Waals surface area contributed by atoms with Gasteiger partial charge in [0.1, 0.15) is 5.75 Å². The van der Waals surface area contributed by atoms with Crippen LogP contribution >= 0.6 is 0 Å². The summed E-state index contributed by atoms with van der Waals surface area (Å²) >= 11 is 0. The predicted octanol–water partition coefficient (Wildman–Crippen LogP) is 2.83. The molecular weight excluding hydrogens is 226 g/mol. The maximum Gasteiger partial charge on any atom is 0.120 e. The molecule has 18 heavy (non-hydrogen) atoms. The molecule has 1 aromatic rings. The third-order valence-electron chi connectivity index (χ3n) is 3.74. The first-order valence-corrected chi connectivity index (χ1v) is 6.86. The van der Waals surface area contributed by atoms with Gasteiger partial charge in [-0.15, -0.1) is 0 Å². The Kier molecular flexibility index (Phi) is 4.88. The van der Waals surface area contributed by atoms with Crippen molar-refractivity contribution in [1.82, 2.24) is 0 Å². The van der Waals surface area contributed by atoms with E-state index in [0.717, 1.165) is 11.4 Å². The number of benzene rings is 1. The van der Waals surface area contributed by atoms with E-state index >= 15 is 0 Å². The molecule has 3 heteroatoms. The molecule has 0 saturated heterocycles. The van der Waals surface area contributed by atoms with E-state index in [2.05, 4.69) is 17.0 Å². The summed E-state index contributed by atoms with van der Waals surface area (Å²) in [4.78, 5) is 2.34. The number of methoxy groups -OCH3 is 1. The molecule has 0 amide bonds. The van der Waals surface area contributed by atoms with Gasteiger partial charge < -0.3 is 14.7 Å². The Bertz CT molecular complexity index is 361. The van der Waals surface area contributed by atoms with Crippen LogP contribution < -0.4 is 9.64 Å². The van der Waals surface area contributed by atoms with Crippen molar-refractivity contribution in [1.29, 1.82) is 0 Å². The maximum absolute atomic E-state index is 9.28. The smallest absolute Gasteiger partial charge is 0.120 e. The van der Waals surface area contributed by atoms with E-state index in [1.807, 2.05) is 12.1 Å². The van der Waals surface area contributed by atoms with Gasteiger partial charge in [-0.2, -0.15) is 0 Å². The van der Waals surface area contributed by atoms with Crippen molar-refractivity contribution in [2.75, 3.05) is 25.2 Å². The first-order chi connectivity index (χ1) is 8.85. The molecule has 0 radical (unpaired) electrons. The summed E-state index contributed by atoms with van der Waals surface area (Å²) in [5.41, 5.74) is 1.16. The number of rotatable bonds is 5. The van der Waals surface area contributed by atoms with Gasteiger partial charge in [0, 0.05) is 24.3 Å². The average molecular weight is 249 g/mol. The molecule has 100 valence electrons. The van der Waals surface area contributed by atoms with Gasteiger partial charge in [-0.3, -0.25) is 0 Å². The Morgan fingerprint density at radius 3 is 2.72 bits per heavy atom. The van der Waals surface area contributed by atoms with Crippen molar-refractivity contribution in [3.63, 3.8) is 0 Å². The fourth-order valence-corrected chi connectivity index (χ4v) is 2.81. The van der Waals surface area contributed by atoms with E-state index in [-0.39, 0.29) is 6.61 Å². The summed E-state index contributed by atoms with van der Waals surface area (Å²) in [5, 5.41) is 9.28. The number of ether oxygens (including phenoxy) is 1. The molecule has 1 aromatic carbocycles. The quantitative estimate of drug-likeness (QED) is 0.871. The van der Waals surface area contributed by atoms with Crippen LogP contribution in [-0.4, -0.2) is 31.4 Å². The number of hydrogen-bond acceptors (Lipinski definition) is 3. The summed E-state index contributed by atoms with van der Waals surface area (Å²) in [7, 11) is 1.69. The molecule has 1 saturated carbocycles. The molecule has 0 bridgehead atoms. The maximum atomic E-state index is 9.28. The van der Waals surface area contributed by atoms with Crippen molar-refractivity contribution in [3.05, 3.63) is 24.3 Å². The second-order valence-electron chi connectivity index (χ2n) is 4.91. The molecule has 1 N–H and O–H groups in total. The Hall–Kier alpha value is -1.22. The van der Waals surface area contributed by atoms with Crippen LogP contribution in [0.5, 0.6) is 5.75 Å². The standard InChI is InChI=1S/C15H23NO2/c1-18-15-9-5-8-14(12-15)16(10-11-17)13-6-3-2-4-7-13/h5,8-9,12-13,17H,2-4,6-7,10-11H2,1H3. The first-order valence-electron chi connectivity index (χ1n) is 6.86. The van der Waals surface area contributed by atoms with Crippen LogP contribution in [0, 0.1) is 0 Å². The summed E-state index contributed by atoms with van der Waals surface area (Å²) in [5.74, 6) is 0.881. The normalized spacial score (nSPS) is 16.6. The lowest BCUT2D eigenvalue weighted by atomic mass is 9.94. The molecule has 2 rings (SSSR count). The molecule has 0 atom stereocenters. The number of nitrogens with zero attached hydrogens (tertiary/aromatic N) is 1. The Balaban J connectivity index is 2.16. The van der Waals surface area contributed by atoms with Crippen LogP contribution in [-0.2, 0) is 0 Å². The lowest BCUT2D eigenvalue weighted by Crippen LogP contribution is -2.38. The van der Waals surface area contributed by atoms with Crippen molar-refractivity contribution in [2.24, 2.45) is 0 Å². The highest BCUT2D eigenvalue weighted by atomic mass is 16.5. The van der Waals surface area contributed by atoms with Gasteiger partial charge >= 0.3 is 0 Å². The van der Waals surface area contributed by atoms with Gasteiger partial charge in [0.2, 0.25) is 0 Å². The molecule has 0 aliphatic heterocycles. The highest BCUT2D eigenvalue weighted by molar-refractivity contribution is 5.51. The Morgan fingerprint density at radius 1 is 1.28 bits per heavy atom. The highest BCUT2D eigenvalue weighted by Gasteiger charge is 2.21. The van der Waals surface area contributed by atoms with Crippen LogP contribution in [0.15, 0.2) is 24.3 Å². The number of anilines is 1. The topological polar surface area (TPSA) is 32.7 Å². The molecule has 1 fully saturated rings. The van der Waals surface area contributed by atoms with Gasteiger partial charge in [0.05, 0.1) is 13.7 Å². The average Bonchev–Trinajstić information content (AvgIpc) is 2.46. The fraction of sp³-hybridized carbons (Fsp3) is 0.600. The van der Waals surface area contributed by atoms with E-state index in [9.17, 15) is 5.11 Å². The lowest BCUT2D eigenvalue weighted by Gasteiger charge is -2.36. The minimum Gasteiger partial charge on any atom is -0.497 e. The molecule has 0 heterocycles. The lowest BCUT2D eigenvalue weighted by molar-refractivity contribution is 0.290. The number of aliphatic hydroxyl groups excluding tert-OH is 1. The second kappa shape index (κ2) is 6.64. The monoisotopic (exact) mass is 249 g/mol. The van der Waals surface area contributed by atoms with Gasteiger partial charge in [0.15, 0.2) is 0 Å². The first kappa shape index (κ1) is 13.2. The minimum atomic E-state index is 0.202.